The van der Waals surface area contributed by atoms with Gasteiger partial charge in [-0.05, 0) is 39.2 Å². The average Bonchev–Trinajstić information content (AvgIpc) is 2.57. The van der Waals surface area contributed by atoms with Gasteiger partial charge in [0.05, 0.1) is 6.26 Å². The summed E-state index contributed by atoms with van der Waals surface area (Å²) in [7, 11) is -1.34. The largest absolute Gasteiger partial charge is 0.356 e. The first-order valence-electron chi connectivity index (χ1n) is 9.52. The first kappa shape index (κ1) is 25.9. The van der Waals surface area contributed by atoms with Gasteiger partial charge in [0.2, 0.25) is 10.0 Å². The highest BCUT2D eigenvalue weighted by atomic mass is 127. The molecule has 1 aliphatic heterocycles. The highest BCUT2D eigenvalue weighted by molar-refractivity contribution is 14.0. The van der Waals surface area contributed by atoms with Crippen LogP contribution in [0.5, 0.6) is 0 Å². The Balaban J connectivity index is 0.00000625. The van der Waals surface area contributed by atoms with Gasteiger partial charge < -0.3 is 15.5 Å². The van der Waals surface area contributed by atoms with Crippen LogP contribution in [0.3, 0.4) is 0 Å². The Morgan fingerprint density at radius 2 is 1.88 bits per heavy atom. The Hall–Kier alpha value is -0.130. The lowest BCUT2D eigenvalue weighted by atomic mass is 10.0. The zero-order valence-electron chi connectivity index (χ0n) is 16.8. The summed E-state index contributed by atoms with van der Waals surface area (Å²) in [6.07, 6.45) is 7.12. The molecule has 1 rings (SSSR count). The predicted molar refractivity (Wildman–Crippen MR) is 121 cm³/mol. The van der Waals surface area contributed by atoms with Gasteiger partial charge in [-0.2, -0.15) is 0 Å². The van der Waals surface area contributed by atoms with Crippen LogP contribution in [0.1, 0.15) is 46.0 Å². The first-order chi connectivity index (χ1) is 11.9. The third kappa shape index (κ3) is 10.3. The standard InChI is InChI=1S/C17H37N5O2S.HI/c1-5-22(25(4,23)24)15-9-12-20-17(18-3)19-11-8-14-21-13-7-6-10-16(21)2;/h16H,5-15H2,1-4H3,(H2,18,19,20);1H. The summed E-state index contributed by atoms with van der Waals surface area (Å²) < 4.78 is 24.6. The van der Waals surface area contributed by atoms with Crippen molar-refractivity contribution in [1.29, 1.82) is 0 Å². The monoisotopic (exact) mass is 503 g/mol. The maximum Gasteiger partial charge on any atom is 0.211 e. The molecule has 2 N–H and O–H groups in total. The zero-order chi connectivity index (χ0) is 18.7. The van der Waals surface area contributed by atoms with Crippen LogP contribution in [0.25, 0.3) is 0 Å². The molecule has 1 saturated heterocycles. The van der Waals surface area contributed by atoms with E-state index >= 15 is 0 Å². The fraction of sp³-hybridized carbons (Fsp3) is 0.941. The number of nitrogens with zero attached hydrogens (tertiary/aromatic N) is 3. The number of likely N-dealkylation sites (tertiary alicyclic amines) is 1. The van der Waals surface area contributed by atoms with Crippen LogP contribution in [-0.4, -0.2) is 82.2 Å². The van der Waals surface area contributed by atoms with Gasteiger partial charge in [0, 0.05) is 45.8 Å². The molecule has 156 valence electrons. The van der Waals surface area contributed by atoms with Crippen LogP contribution in [0.2, 0.25) is 0 Å². The van der Waals surface area contributed by atoms with E-state index in [1.165, 1.54) is 36.4 Å². The number of hydrogen-bond acceptors (Lipinski definition) is 4. The second kappa shape index (κ2) is 14.0. The van der Waals surface area contributed by atoms with Gasteiger partial charge >= 0.3 is 0 Å². The third-order valence-corrected chi connectivity index (χ3v) is 6.16. The third-order valence-electron chi connectivity index (χ3n) is 4.78. The van der Waals surface area contributed by atoms with Crippen molar-refractivity contribution in [3.63, 3.8) is 0 Å². The molecule has 0 spiro atoms. The number of aliphatic imine (C=N–C) groups is 1. The lowest BCUT2D eigenvalue weighted by molar-refractivity contribution is 0.159. The molecule has 1 atom stereocenters. The van der Waals surface area contributed by atoms with Gasteiger partial charge in [-0.3, -0.25) is 4.99 Å². The van der Waals surface area contributed by atoms with Crippen LogP contribution in [-0.2, 0) is 10.0 Å². The summed E-state index contributed by atoms with van der Waals surface area (Å²) in [6, 6.07) is 0.711. The summed E-state index contributed by atoms with van der Waals surface area (Å²) in [6.45, 7) is 9.18. The van der Waals surface area contributed by atoms with Gasteiger partial charge in [-0.1, -0.05) is 13.3 Å². The van der Waals surface area contributed by atoms with Crippen LogP contribution in [0.4, 0.5) is 0 Å². The molecule has 0 radical (unpaired) electrons. The Morgan fingerprint density at radius 1 is 1.23 bits per heavy atom. The van der Waals surface area contributed by atoms with Crippen LogP contribution in [0, 0.1) is 0 Å². The highest BCUT2D eigenvalue weighted by Crippen LogP contribution is 2.15. The van der Waals surface area contributed by atoms with Crippen molar-refractivity contribution in [2.75, 3.05) is 52.6 Å². The van der Waals surface area contributed by atoms with Gasteiger partial charge in [0.15, 0.2) is 5.96 Å². The molecule has 0 bridgehead atoms. The van der Waals surface area contributed by atoms with E-state index < -0.39 is 10.0 Å². The Morgan fingerprint density at radius 3 is 2.42 bits per heavy atom. The molecular formula is C17H38IN5O2S. The molecule has 1 heterocycles. The minimum atomic E-state index is -3.10. The van der Waals surface area contributed by atoms with Crippen molar-refractivity contribution in [3.05, 3.63) is 0 Å². The molecule has 0 aromatic carbocycles. The van der Waals surface area contributed by atoms with E-state index in [-0.39, 0.29) is 24.0 Å². The van der Waals surface area contributed by atoms with Crippen molar-refractivity contribution in [2.24, 2.45) is 4.99 Å². The number of hydrogen-bond donors (Lipinski definition) is 2. The normalized spacial score (nSPS) is 19.3. The van der Waals surface area contributed by atoms with E-state index in [1.807, 2.05) is 6.92 Å². The molecule has 0 amide bonds. The summed E-state index contributed by atoms with van der Waals surface area (Å²) >= 11 is 0. The summed E-state index contributed by atoms with van der Waals surface area (Å²) in [4.78, 5) is 6.80. The summed E-state index contributed by atoms with van der Waals surface area (Å²) in [5.41, 5.74) is 0. The van der Waals surface area contributed by atoms with E-state index in [1.54, 1.807) is 7.05 Å². The van der Waals surface area contributed by atoms with Crippen molar-refractivity contribution >= 4 is 40.0 Å². The van der Waals surface area contributed by atoms with Crippen molar-refractivity contribution in [2.45, 2.75) is 52.0 Å². The zero-order valence-corrected chi connectivity index (χ0v) is 20.0. The van der Waals surface area contributed by atoms with E-state index in [0.29, 0.717) is 25.7 Å². The average molecular weight is 503 g/mol. The first-order valence-corrected chi connectivity index (χ1v) is 11.4. The summed E-state index contributed by atoms with van der Waals surface area (Å²) in [5.74, 6) is 0.786. The predicted octanol–water partition coefficient (Wildman–Crippen LogP) is 1.71. The highest BCUT2D eigenvalue weighted by Gasteiger charge is 2.17. The smallest absolute Gasteiger partial charge is 0.211 e. The Bertz CT molecular complexity index is 501. The van der Waals surface area contributed by atoms with E-state index in [2.05, 4.69) is 27.4 Å². The van der Waals surface area contributed by atoms with Crippen molar-refractivity contribution in [3.8, 4) is 0 Å². The lowest BCUT2D eigenvalue weighted by Gasteiger charge is -2.33. The molecule has 1 unspecified atom stereocenters. The van der Waals surface area contributed by atoms with Gasteiger partial charge in [0.25, 0.3) is 0 Å². The maximum atomic E-state index is 11.5. The van der Waals surface area contributed by atoms with E-state index in [0.717, 1.165) is 31.9 Å². The number of piperidine rings is 1. The number of sulfonamides is 1. The number of halogens is 1. The topological polar surface area (TPSA) is 77.0 Å². The molecule has 1 aliphatic rings. The fourth-order valence-corrected chi connectivity index (χ4v) is 4.15. The molecule has 9 heteroatoms. The van der Waals surface area contributed by atoms with Gasteiger partial charge in [-0.15, -0.1) is 24.0 Å². The molecule has 0 saturated carbocycles. The minimum Gasteiger partial charge on any atom is -0.356 e. The van der Waals surface area contributed by atoms with Crippen LogP contribution >= 0.6 is 24.0 Å². The Labute approximate surface area is 177 Å². The Kier molecular flexibility index (Phi) is 13.9. The maximum absolute atomic E-state index is 11.5. The molecule has 0 aromatic heterocycles. The molecule has 7 nitrogen and oxygen atoms in total. The van der Waals surface area contributed by atoms with Gasteiger partial charge in [0.1, 0.15) is 0 Å². The van der Waals surface area contributed by atoms with Crippen LogP contribution in [0.15, 0.2) is 4.99 Å². The molecular weight excluding hydrogens is 465 g/mol. The number of guanidine groups is 1. The van der Waals surface area contributed by atoms with E-state index in [9.17, 15) is 8.42 Å². The number of rotatable bonds is 10. The molecule has 1 fully saturated rings. The fourth-order valence-electron chi connectivity index (χ4n) is 3.22. The molecule has 26 heavy (non-hydrogen) atoms. The lowest BCUT2D eigenvalue weighted by Crippen LogP contribution is -2.42. The summed E-state index contributed by atoms with van der Waals surface area (Å²) in [5, 5.41) is 6.59. The van der Waals surface area contributed by atoms with E-state index in [4.69, 9.17) is 0 Å². The van der Waals surface area contributed by atoms with Gasteiger partial charge in [-0.25, -0.2) is 12.7 Å². The minimum absolute atomic E-state index is 0. The van der Waals surface area contributed by atoms with Crippen LogP contribution < -0.4 is 10.6 Å². The molecule has 0 aromatic rings. The SMILES string of the molecule is CCN(CCCNC(=NC)NCCCN1CCCCC1C)S(C)(=O)=O.I. The quantitative estimate of drug-likeness (QED) is 0.206. The number of nitrogens with one attached hydrogen (secondary N) is 2. The second-order valence-electron chi connectivity index (χ2n) is 6.77. The second-order valence-corrected chi connectivity index (χ2v) is 8.75. The molecule has 0 aliphatic carbocycles. The van der Waals surface area contributed by atoms with Crippen molar-refractivity contribution < 1.29 is 8.42 Å². The van der Waals surface area contributed by atoms with Crippen molar-refractivity contribution in [1.82, 2.24) is 19.8 Å².